The topological polar surface area (TPSA) is 84.9 Å². The predicted octanol–water partition coefficient (Wildman–Crippen LogP) is 2.01. The number of carboxylic acids is 1. The Hall–Kier alpha value is -2.08. The standard InChI is InChI=1S/C17H25NO5/c1-17(2,3)23-9-8-14(16(20)21)18-15(19)11-12-6-5-7-13(10-12)22-4/h5-7,10,14H,8-9,11H2,1-4H3,(H,18,19)(H,20,21). The van der Waals surface area contributed by atoms with Crippen LogP contribution in [0.4, 0.5) is 0 Å². The molecule has 23 heavy (non-hydrogen) atoms. The minimum atomic E-state index is -1.07. The molecule has 0 radical (unpaired) electrons. The number of hydrogen-bond acceptors (Lipinski definition) is 4. The Kier molecular flexibility index (Phi) is 7.03. The fourth-order valence-corrected chi connectivity index (χ4v) is 1.95. The molecule has 1 aromatic carbocycles. The molecule has 2 N–H and O–H groups in total. The number of nitrogens with one attached hydrogen (secondary N) is 1. The van der Waals surface area contributed by atoms with Crippen molar-refractivity contribution in [3.63, 3.8) is 0 Å². The second-order valence-electron chi connectivity index (χ2n) is 6.24. The third-order valence-electron chi connectivity index (χ3n) is 3.07. The van der Waals surface area contributed by atoms with E-state index in [1.54, 1.807) is 31.4 Å². The molecule has 0 spiro atoms. The summed E-state index contributed by atoms with van der Waals surface area (Å²) in [6.45, 7) is 5.94. The van der Waals surface area contributed by atoms with E-state index in [9.17, 15) is 14.7 Å². The van der Waals surface area contributed by atoms with Crippen LogP contribution in [-0.2, 0) is 20.7 Å². The number of carbonyl (C=O) groups is 2. The normalized spacial score (nSPS) is 12.5. The first-order valence-corrected chi connectivity index (χ1v) is 7.50. The van der Waals surface area contributed by atoms with Crippen LogP contribution in [0.15, 0.2) is 24.3 Å². The molecule has 1 unspecified atom stereocenters. The van der Waals surface area contributed by atoms with Gasteiger partial charge in [-0.1, -0.05) is 12.1 Å². The molecular weight excluding hydrogens is 298 g/mol. The molecule has 6 nitrogen and oxygen atoms in total. The SMILES string of the molecule is COc1cccc(CC(=O)NC(CCOC(C)(C)C)C(=O)O)c1. The van der Waals surface area contributed by atoms with Gasteiger partial charge in [0.05, 0.1) is 19.1 Å². The van der Waals surface area contributed by atoms with Crippen molar-refractivity contribution in [2.24, 2.45) is 0 Å². The number of hydrogen-bond donors (Lipinski definition) is 2. The van der Waals surface area contributed by atoms with Gasteiger partial charge in [0, 0.05) is 13.0 Å². The largest absolute Gasteiger partial charge is 0.497 e. The van der Waals surface area contributed by atoms with Gasteiger partial charge in [0.1, 0.15) is 11.8 Å². The van der Waals surface area contributed by atoms with Crippen LogP contribution >= 0.6 is 0 Å². The van der Waals surface area contributed by atoms with Crippen molar-refractivity contribution in [1.82, 2.24) is 5.32 Å². The van der Waals surface area contributed by atoms with Crippen LogP contribution in [0.5, 0.6) is 5.75 Å². The Bertz CT molecular complexity index is 536. The maximum Gasteiger partial charge on any atom is 0.326 e. The Morgan fingerprint density at radius 2 is 2.00 bits per heavy atom. The second kappa shape index (κ2) is 8.53. The molecular formula is C17H25NO5. The molecule has 0 aliphatic heterocycles. The Morgan fingerprint density at radius 1 is 1.30 bits per heavy atom. The van der Waals surface area contributed by atoms with Gasteiger partial charge in [0.2, 0.25) is 5.91 Å². The van der Waals surface area contributed by atoms with E-state index in [4.69, 9.17) is 9.47 Å². The van der Waals surface area contributed by atoms with Gasteiger partial charge in [-0.3, -0.25) is 4.79 Å². The lowest BCUT2D eigenvalue weighted by Gasteiger charge is -2.21. The van der Waals surface area contributed by atoms with E-state index in [1.165, 1.54) is 0 Å². The van der Waals surface area contributed by atoms with E-state index in [-0.39, 0.29) is 31.0 Å². The van der Waals surface area contributed by atoms with Gasteiger partial charge in [-0.05, 0) is 38.5 Å². The third kappa shape index (κ3) is 7.65. The summed E-state index contributed by atoms with van der Waals surface area (Å²) in [6.07, 6.45) is 0.317. The van der Waals surface area contributed by atoms with Gasteiger partial charge in [0.25, 0.3) is 0 Å². The highest BCUT2D eigenvalue weighted by atomic mass is 16.5. The number of carbonyl (C=O) groups excluding carboxylic acids is 1. The molecule has 6 heteroatoms. The van der Waals surface area contributed by atoms with Crippen LogP contribution < -0.4 is 10.1 Å². The van der Waals surface area contributed by atoms with Crippen molar-refractivity contribution in [3.8, 4) is 5.75 Å². The Labute approximate surface area is 136 Å². The summed E-state index contributed by atoms with van der Waals surface area (Å²) in [4.78, 5) is 23.3. The van der Waals surface area contributed by atoms with E-state index >= 15 is 0 Å². The molecule has 1 amide bonds. The molecule has 1 rings (SSSR count). The van der Waals surface area contributed by atoms with E-state index in [1.807, 2.05) is 20.8 Å². The van der Waals surface area contributed by atoms with Gasteiger partial charge in [-0.25, -0.2) is 4.79 Å². The molecule has 128 valence electrons. The highest BCUT2D eigenvalue weighted by molar-refractivity contribution is 5.84. The molecule has 1 aromatic rings. The summed E-state index contributed by atoms with van der Waals surface area (Å²) < 4.78 is 10.6. The number of carboxylic acid groups (broad SMARTS) is 1. The molecule has 0 aliphatic rings. The highest BCUT2D eigenvalue weighted by Crippen LogP contribution is 2.13. The van der Waals surface area contributed by atoms with Crippen molar-refractivity contribution in [1.29, 1.82) is 0 Å². The van der Waals surface area contributed by atoms with Crippen LogP contribution in [0.3, 0.4) is 0 Å². The van der Waals surface area contributed by atoms with Crippen molar-refractivity contribution in [2.75, 3.05) is 13.7 Å². The summed E-state index contributed by atoms with van der Waals surface area (Å²) in [5.74, 6) is -0.758. The lowest BCUT2D eigenvalue weighted by Crippen LogP contribution is -2.42. The number of ether oxygens (including phenoxy) is 2. The summed E-state index contributed by atoms with van der Waals surface area (Å²) in [7, 11) is 1.55. The monoisotopic (exact) mass is 323 g/mol. The number of methoxy groups -OCH3 is 1. The lowest BCUT2D eigenvalue weighted by atomic mass is 10.1. The second-order valence-corrected chi connectivity index (χ2v) is 6.24. The van der Waals surface area contributed by atoms with Gasteiger partial charge in [0.15, 0.2) is 0 Å². The number of amides is 1. The molecule has 0 aliphatic carbocycles. The van der Waals surface area contributed by atoms with E-state index < -0.39 is 12.0 Å². The molecule has 0 saturated heterocycles. The quantitative estimate of drug-likeness (QED) is 0.764. The number of aliphatic carboxylic acids is 1. The fourth-order valence-electron chi connectivity index (χ4n) is 1.95. The zero-order valence-electron chi connectivity index (χ0n) is 14.1. The van der Waals surface area contributed by atoms with Crippen LogP contribution in [0.2, 0.25) is 0 Å². The molecule has 0 saturated carbocycles. The maximum absolute atomic E-state index is 12.0. The van der Waals surface area contributed by atoms with E-state index in [0.29, 0.717) is 5.75 Å². The molecule has 0 heterocycles. The summed E-state index contributed by atoms with van der Waals surface area (Å²) in [6, 6.07) is 6.15. The predicted molar refractivity (Wildman–Crippen MR) is 86.6 cm³/mol. The average Bonchev–Trinajstić information content (AvgIpc) is 2.45. The van der Waals surface area contributed by atoms with E-state index in [0.717, 1.165) is 5.56 Å². The number of rotatable bonds is 8. The van der Waals surface area contributed by atoms with Gasteiger partial charge < -0.3 is 19.9 Å². The maximum atomic E-state index is 12.0. The fraction of sp³-hybridized carbons (Fsp3) is 0.529. The highest BCUT2D eigenvalue weighted by Gasteiger charge is 2.21. The smallest absolute Gasteiger partial charge is 0.326 e. The van der Waals surface area contributed by atoms with Crippen molar-refractivity contribution in [3.05, 3.63) is 29.8 Å². The van der Waals surface area contributed by atoms with Crippen LogP contribution in [0, 0.1) is 0 Å². The average molecular weight is 323 g/mol. The Morgan fingerprint density at radius 3 is 2.57 bits per heavy atom. The first-order chi connectivity index (χ1) is 10.7. The summed E-state index contributed by atoms with van der Waals surface area (Å²) in [5.41, 5.74) is 0.421. The summed E-state index contributed by atoms with van der Waals surface area (Å²) in [5, 5.41) is 11.7. The lowest BCUT2D eigenvalue weighted by molar-refractivity contribution is -0.142. The van der Waals surface area contributed by atoms with Crippen LogP contribution in [0.25, 0.3) is 0 Å². The first kappa shape index (κ1) is 19.0. The van der Waals surface area contributed by atoms with Crippen LogP contribution in [0.1, 0.15) is 32.8 Å². The molecule has 1 atom stereocenters. The zero-order valence-corrected chi connectivity index (χ0v) is 14.1. The summed E-state index contributed by atoms with van der Waals surface area (Å²) >= 11 is 0. The molecule has 0 bridgehead atoms. The van der Waals surface area contributed by atoms with Crippen molar-refractivity contribution in [2.45, 2.75) is 45.3 Å². The van der Waals surface area contributed by atoms with Gasteiger partial charge >= 0.3 is 5.97 Å². The Balaban J connectivity index is 2.55. The van der Waals surface area contributed by atoms with Crippen molar-refractivity contribution < 1.29 is 24.2 Å². The zero-order chi connectivity index (χ0) is 17.5. The van der Waals surface area contributed by atoms with Gasteiger partial charge in [-0.15, -0.1) is 0 Å². The van der Waals surface area contributed by atoms with E-state index in [2.05, 4.69) is 5.32 Å². The van der Waals surface area contributed by atoms with Crippen LogP contribution in [-0.4, -0.2) is 42.3 Å². The molecule has 0 fully saturated rings. The van der Waals surface area contributed by atoms with Crippen molar-refractivity contribution >= 4 is 11.9 Å². The third-order valence-corrected chi connectivity index (χ3v) is 3.07. The minimum absolute atomic E-state index is 0.0983. The molecule has 0 aromatic heterocycles. The number of benzene rings is 1. The first-order valence-electron chi connectivity index (χ1n) is 7.50. The minimum Gasteiger partial charge on any atom is -0.497 e. The van der Waals surface area contributed by atoms with Gasteiger partial charge in [-0.2, -0.15) is 0 Å².